The van der Waals surface area contributed by atoms with Gasteiger partial charge in [0, 0.05) is 5.69 Å². The number of hydrogen-bond donors (Lipinski definition) is 2. The van der Waals surface area contributed by atoms with E-state index in [0.29, 0.717) is 0 Å². The van der Waals surface area contributed by atoms with Crippen LogP contribution in [0, 0.1) is 0 Å². The van der Waals surface area contributed by atoms with Crippen LogP contribution < -0.4 is 11.1 Å². The molecule has 2 unspecified atom stereocenters. The zero-order valence-electron chi connectivity index (χ0n) is 14.0. The van der Waals surface area contributed by atoms with Gasteiger partial charge in [-0.25, -0.2) is 0 Å². The molecule has 128 valence electrons. The third kappa shape index (κ3) is 3.90. The molecule has 1 aliphatic rings. The summed E-state index contributed by atoms with van der Waals surface area (Å²) in [6.45, 7) is 2.06. The number of aryl methyl sites for hydroxylation is 1. The summed E-state index contributed by atoms with van der Waals surface area (Å²) in [7, 11) is 0. The van der Waals surface area contributed by atoms with Crippen LogP contribution in [0.4, 0.5) is 5.69 Å². The van der Waals surface area contributed by atoms with Gasteiger partial charge < -0.3 is 11.1 Å². The van der Waals surface area contributed by atoms with Gasteiger partial charge in [0.2, 0.25) is 5.91 Å². The van der Waals surface area contributed by atoms with Crippen LogP contribution in [0.1, 0.15) is 54.8 Å². The number of anilines is 1. The van der Waals surface area contributed by atoms with Crippen molar-refractivity contribution in [1.29, 1.82) is 0 Å². The van der Waals surface area contributed by atoms with Gasteiger partial charge in [0.15, 0.2) is 0 Å². The van der Waals surface area contributed by atoms with Gasteiger partial charge in [-0.1, -0.05) is 43.3 Å². The smallest absolute Gasteiger partial charge is 0.228 e. The monoisotopic (exact) mass is 344 g/mol. The molecule has 0 radical (unpaired) electrons. The largest absolute Gasteiger partial charge is 0.399 e. The Morgan fingerprint density at radius 2 is 2.00 bits per heavy atom. The standard InChI is InChI=1S/C20H24N2O.ClH/c1-2-17(14-7-4-3-5-8-14)20(23)22-19-10-6-9-15-13-16(21)11-12-18(15)19;/h3-5,7-8,11-13,17,19H,2,6,9-10,21H2,1H3,(H,22,23);1H. The number of nitrogens with one attached hydrogen (secondary N) is 1. The summed E-state index contributed by atoms with van der Waals surface area (Å²) in [4.78, 5) is 12.8. The van der Waals surface area contributed by atoms with Crippen LogP contribution in [0.25, 0.3) is 0 Å². The highest BCUT2D eigenvalue weighted by molar-refractivity contribution is 5.85. The highest BCUT2D eigenvalue weighted by Crippen LogP contribution is 2.32. The molecule has 0 saturated carbocycles. The van der Waals surface area contributed by atoms with E-state index in [1.807, 2.05) is 42.5 Å². The van der Waals surface area contributed by atoms with Crippen molar-refractivity contribution in [3.05, 3.63) is 65.2 Å². The third-order valence-electron chi connectivity index (χ3n) is 4.72. The minimum absolute atomic E-state index is 0. The van der Waals surface area contributed by atoms with Gasteiger partial charge in [-0.3, -0.25) is 4.79 Å². The van der Waals surface area contributed by atoms with Crippen molar-refractivity contribution < 1.29 is 4.79 Å². The molecule has 0 bridgehead atoms. The predicted molar refractivity (Wildman–Crippen MR) is 101 cm³/mol. The molecular formula is C20H25ClN2O. The lowest BCUT2D eigenvalue weighted by atomic mass is 9.86. The van der Waals surface area contributed by atoms with Gasteiger partial charge in [-0.2, -0.15) is 0 Å². The van der Waals surface area contributed by atoms with E-state index in [2.05, 4.69) is 18.3 Å². The maximum Gasteiger partial charge on any atom is 0.228 e. The van der Waals surface area contributed by atoms with Crippen molar-refractivity contribution in [2.75, 3.05) is 5.73 Å². The topological polar surface area (TPSA) is 55.1 Å². The minimum Gasteiger partial charge on any atom is -0.399 e. The molecule has 1 amide bonds. The maximum atomic E-state index is 12.8. The predicted octanol–water partition coefficient (Wildman–Crippen LogP) is 4.38. The molecule has 3 nitrogen and oxygen atoms in total. The lowest BCUT2D eigenvalue weighted by molar-refractivity contribution is -0.123. The van der Waals surface area contributed by atoms with Crippen LogP contribution in [0.15, 0.2) is 48.5 Å². The van der Waals surface area contributed by atoms with Crippen molar-refractivity contribution in [3.63, 3.8) is 0 Å². The van der Waals surface area contributed by atoms with Crippen molar-refractivity contribution in [1.82, 2.24) is 5.32 Å². The molecule has 0 fully saturated rings. The van der Waals surface area contributed by atoms with Gasteiger partial charge in [-0.15, -0.1) is 12.4 Å². The summed E-state index contributed by atoms with van der Waals surface area (Å²) < 4.78 is 0. The number of nitrogen functional groups attached to an aromatic ring is 1. The normalized spacial score (nSPS) is 17.3. The molecular weight excluding hydrogens is 320 g/mol. The van der Waals surface area contributed by atoms with Gasteiger partial charge >= 0.3 is 0 Å². The molecule has 1 aliphatic carbocycles. The SMILES string of the molecule is CCC(C(=O)NC1CCCc2cc(N)ccc21)c1ccccc1.Cl. The molecule has 2 aromatic carbocycles. The van der Waals surface area contributed by atoms with Crippen LogP contribution in [0.2, 0.25) is 0 Å². The van der Waals surface area contributed by atoms with Crippen molar-refractivity contribution >= 4 is 24.0 Å². The Bertz CT molecular complexity index is 687. The average molecular weight is 345 g/mol. The number of hydrogen-bond acceptors (Lipinski definition) is 2. The summed E-state index contributed by atoms with van der Waals surface area (Å²) in [6, 6.07) is 16.2. The molecule has 0 heterocycles. The summed E-state index contributed by atoms with van der Waals surface area (Å²) in [5.74, 6) is 0.0312. The number of amides is 1. The highest BCUT2D eigenvalue weighted by atomic mass is 35.5. The van der Waals surface area contributed by atoms with E-state index in [4.69, 9.17) is 5.73 Å². The first kappa shape index (κ1) is 18.3. The van der Waals surface area contributed by atoms with Gasteiger partial charge in [0.1, 0.15) is 0 Å². The lowest BCUT2D eigenvalue weighted by Gasteiger charge is -2.28. The molecule has 4 heteroatoms. The van der Waals surface area contributed by atoms with E-state index < -0.39 is 0 Å². The first-order valence-corrected chi connectivity index (χ1v) is 8.42. The Balaban J connectivity index is 0.00000208. The van der Waals surface area contributed by atoms with Crippen molar-refractivity contribution in [2.45, 2.75) is 44.6 Å². The van der Waals surface area contributed by atoms with Crippen LogP contribution in [0.3, 0.4) is 0 Å². The first-order valence-electron chi connectivity index (χ1n) is 8.42. The van der Waals surface area contributed by atoms with Crippen molar-refractivity contribution in [2.24, 2.45) is 0 Å². The van der Waals surface area contributed by atoms with Crippen LogP contribution in [-0.4, -0.2) is 5.91 Å². The number of halogens is 1. The third-order valence-corrected chi connectivity index (χ3v) is 4.72. The molecule has 2 aromatic rings. The number of rotatable bonds is 4. The average Bonchev–Trinajstić information content (AvgIpc) is 2.56. The Hall–Kier alpha value is -2.00. The molecule has 24 heavy (non-hydrogen) atoms. The number of nitrogens with two attached hydrogens (primary N) is 1. The second-order valence-electron chi connectivity index (χ2n) is 6.28. The Morgan fingerprint density at radius 1 is 1.25 bits per heavy atom. The van der Waals surface area contributed by atoms with Crippen LogP contribution in [0.5, 0.6) is 0 Å². The molecule has 3 N–H and O–H groups in total. The van der Waals surface area contributed by atoms with E-state index >= 15 is 0 Å². The van der Waals surface area contributed by atoms with E-state index in [1.54, 1.807) is 0 Å². The summed E-state index contributed by atoms with van der Waals surface area (Å²) >= 11 is 0. The molecule has 0 saturated heterocycles. The zero-order valence-corrected chi connectivity index (χ0v) is 14.8. The fourth-order valence-electron chi connectivity index (χ4n) is 3.51. The van der Waals surface area contributed by atoms with Crippen LogP contribution in [-0.2, 0) is 11.2 Å². The fraction of sp³-hybridized carbons (Fsp3) is 0.350. The van der Waals surface area contributed by atoms with Gasteiger partial charge in [0.25, 0.3) is 0 Å². The number of fused-ring (bicyclic) bond motifs is 1. The molecule has 0 spiro atoms. The van der Waals surface area contributed by atoms with Gasteiger partial charge in [-0.05, 0) is 54.5 Å². The number of carbonyl (C=O) groups is 1. The van der Waals surface area contributed by atoms with E-state index in [-0.39, 0.29) is 30.3 Å². The van der Waals surface area contributed by atoms with E-state index in [1.165, 1.54) is 11.1 Å². The number of carbonyl (C=O) groups excluding carboxylic acids is 1. The Kier molecular flexibility index (Phi) is 6.27. The summed E-state index contributed by atoms with van der Waals surface area (Å²) in [5, 5.41) is 3.26. The second-order valence-corrected chi connectivity index (χ2v) is 6.28. The first-order chi connectivity index (χ1) is 11.2. The molecule has 3 rings (SSSR count). The molecule has 0 aromatic heterocycles. The van der Waals surface area contributed by atoms with E-state index in [0.717, 1.165) is 36.9 Å². The quantitative estimate of drug-likeness (QED) is 0.809. The maximum absolute atomic E-state index is 12.8. The minimum atomic E-state index is -0.0876. The number of benzene rings is 2. The summed E-state index contributed by atoms with van der Waals surface area (Å²) in [5.41, 5.74) is 10.3. The Morgan fingerprint density at radius 3 is 2.71 bits per heavy atom. The van der Waals surface area contributed by atoms with Crippen LogP contribution >= 0.6 is 12.4 Å². The van der Waals surface area contributed by atoms with Gasteiger partial charge in [0.05, 0.1) is 12.0 Å². The van der Waals surface area contributed by atoms with Crippen molar-refractivity contribution in [3.8, 4) is 0 Å². The lowest BCUT2D eigenvalue weighted by Crippen LogP contribution is -2.34. The second kappa shape index (κ2) is 8.20. The fourth-order valence-corrected chi connectivity index (χ4v) is 3.51. The zero-order chi connectivity index (χ0) is 16.2. The highest BCUT2D eigenvalue weighted by Gasteiger charge is 2.25. The molecule has 2 atom stereocenters. The summed E-state index contributed by atoms with van der Waals surface area (Å²) in [6.07, 6.45) is 3.93. The molecule has 0 aliphatic heterocycles. The Labute approximate surface area is 150 Å². The van der Waals surface area contributed by atoms with E-state index in [9.17, 15) is 4.79 Å².